The summed E-state index contributed by atoms with van der Waals surface area (Å²) in [5.74, 6) is 0.513. The molecule has 6 heteroatoms. The van der Waals surface area contributed by atoms with Crippen molar-refractivity contribution in [2.45, 2.75) is 12.0 Å². The van der Waals surface area contributed by atoms with E-state index in [1.807, 2.05) is 43.5 Å². The highest BCUT2D eigenvalue weighted by Gasteiger charge is 2.27. The summed E-state index contributed by atoms with van der Waals surface area (Å²) in [6.45, 7) is 0.741. The second-order valence-electron chi connectivity index (χ2n) is 6.08. The van der Waals surface area contributed by atoms with E-state index in [2.05, 4.69) is 32.7 Å². The second-order valence-corrected chi connectivity index (χ2v) is 6.08. The van der Waals surface area contributed by atoms with Gasteiger partial charge in [0.25, 0.3) is 0 Å². The molecule has 26 heavy (non-hydrogen) atoms. The van der Waals surface area contributed by atoms with Crippen molar-refractivity contribution in [1.29, 1.82) is 5.26 Å². The van der Waals surface area contributed by atoms with Crippen molar-refractivity contribution in [3.63, 3.8) is 0 Å². The molecule has 1 aromatic heterocycles. The third kappa shape index (κ3) is 3.97. The second kappa shape index (κ2) is 7.91. The molecule has 1 heterocycles. The molecule has 1 atom stereocenters. The van der Waals surface area contributed by atoms with Crippen LogP contribution in [0.1, 0.15) is 12.0 Å². The first-order valence-electron chi connectivity index (χ1n) is 8.38. The molecule has 1 unspecified atom stereocenters. The molecule has 0 spiro atoms. The van der Waals surface area contributed by atoms with Crippen LogP contribution in [0.3, 0.4) is 0 Å². The number of hydrogen-bond acceptors (Lipinski definition) is 6. The lowest BCUT2D eigenvalue weighted by atomic mass is 9.94. The van der Waals surface area contributed by atoms with E-state index in [4.69, 9.17) is 10.00 Å². The zero-order valence-electron chi connectivity index (χ0n) is 14.9. The van der Waals surface area contributed by atoms with Crippen LogP contribution in [-0.4, -0.2) is 36.3 Å². The van der Waals surface area contributed by atoms with Crippen molar-refractivity contribution in [3.05, 3.63) is 66.0 Å². The number of allylic oxidation sites excluding steroid dienone is 1. The molecule has 0 saturated carbocycles. The smallest absolute Gasteiger partial charge is 0.227 e. The van der Waals surface area contributed by atoms with Crippen LogP contribution in [0.15, 0.2) is 60.5 Å². The highest BCUT2D eigenvalue weighted by Crippen LogP contribution is 2.25. The van der Waals surface area contributed by atoms with Crippen molar-refractivity contribution < 1.29 is 4.74 Å². The van der Waals surface area contributed by atoms with Crippen LogP contribution in [0.4, 0.5) is 5.95 Å². The van der Waals surface area contributed by atoms with Gasteiger partial charge < -0.3 is 15.4 Å². The standard InChI is InChI=1S/C20H21N5O/c1-22-14-20(26-2)9-6-17(7-10-20)24-19-23-11-8-18(25-19)16-5-3-4-15(12-16)13-21/h3-9,11-12,22H,10,14H2,1-2H3,(H,23,24,25). The molecule has 0 aliphatic heterocycles. The first-order chi connectivity index (χ1) is 12.7. The molecule has 1 aliphatic rings. The summed E-state index contributed by atoms with van der Waals surface area (Å²) in [5.41, 5.74) is 2.86. The number of rotatable bonds is 6. The number of methoxy groups -OCH3 is 1. The lowest BCUT2D eigenvalue weighted by Gasteiger charge is -2.30. The first kappa shape index (κ1) is 17.8. The monoisotopic (exact) mass is 347 g/mol. The Labute approximate surface area is 153 Å². The summed E-state index contributed by atoms with van der Waals surface area (Å²) >= 11 is 0. The van der Waals surface area contributed by atoms with Gasteiger partial charge in [0.2, 0.25) is 5.95 Å². The maximum atomic E-state index is 9.06. The Bertz CT molecular complexity index is 884. The molecule has 0 amide bonds. The first-order valence-corrected chi connectivity index (χ1v) is 8.38. The largest absolute Gasteiger partial charge is 0.372 e. The number of likely N-dealkylation sites (N-methyl/N-ethyl adjacent to an activating group) is 1. The zero-order valence-corrected chi connectivity index (χ0v) is 14.9. The molecule has 2 N–H and O–H groups in total. The minimum atomic E-state index is -0.319. The Morgan fingerprint density at radius 3 is 2.92 bits per heavy atom. The fourth-order valence-electron chi connectivity index (χ4n) is 2.86. The van der Waals surface area contributed by atoms with E-state index >= 15 is 0 Å². The van der Waals surface area contributed by atoms with Gasteiger partial charge in [0.1, 0.15) is 5.60 Å². The lowest BCUT2D eigenvalue weighted by molar-refractivity contribution is 0.0355. The zero-order chi connectivity index (χ0) is 18.4. The number of nitriles is 1. The van der Waals surface area contributed by atoms with Gasteiger partial charge in [-0.15, -0.1) is 0 Å². The normalized spacial score (nSPS) is 18.9. The van der Waals surface area contributed by atoms with E-state index in [0.29, 0.717) is 11.5 Å². The van der Waals surface area contributed by atoms with Gasteiger partial charge in [-0.25, -0.2) is 9.97 Å². The minimum absolute atomic E-state index is 0.319. The Morgan fingerprint density at radius 1 is 1.35 bits per heavy atom. The summed E-state index contributed by atoms with van der Waals surface area (Å²) in [7, 11) is 3.63. The van der Waals surface area contributed by atoms with Crippen molar-refractivity contribution in [3.8, 4) is 17.3 Å². The summed E-state index contributed by atoms with van der Waals surface area (Å²) in [6, 6.07) is 11.3. The number of nitrogens with zero attached hydrogens (tertiary/aromatic N) is 3. The fourth-order valence-corrected chi connectivity index (χ4v) is 2.86. The molecule has 2 aromatic rings. The van der Waals surface area contributed by atoms with Crippen LogP contribution < -0.4 is 10.6 Å². The van der Waals surface area contributed by atoms with Gasteiger partial charge in [0, 0.05) is 37.5 Å². The summed E-state index contributed by atoms with van der Waals surface area (Å²) in [6.07, 6.45) is 8.57. The number of hydrogen-bond donors (Lipinski definition) is 2. The molecule has 132 valence electrons. The van der Waals surface area contributed by atoms with Gasteiger partial charge >= 0.3 is 0 Å². The Kier molecular flexibility index (Phi) is 5.42. The molecule has 6 nitrogen and oxygen atoms in total. The average molecular weight is 347 g/mol. The minimum Gasteiger partial charge on any atom is -0.372 e. The van der Waals surface area contributed by atoms with Crippen LogP contribution in [0, 0.1) is 11.3 Å². The quantitative estimate of drug-likeness (QED) is 0.836. The Hall–Kier alpha value is -3.01. The van der Waals surface area contributed by atoms with Gasteiger partial charge in [-0.05, 0) is 37.4 Å². The predicted octanol–water partition coefficient (Wildman–Crippen LogP) is 2.88. The highest BCUT2D eigenvalue weighted by atomic mass is 16.5. The Morgan fingerprint density at radius 2 is 2.23 bits per heavy atom. The number of anilines is 1. The summed E-state index contributed by atoms with van der Waals surface area (Å²) < 4.78 is 5.64. The number of benzene rings is 1. The molecule has 0 bridgehead atoms. The summed E-state index contributed by atoms with van der Waals surface area (Å²) in [5, 5.41) is 15.4. The Balaban J connectivity index is 1.76. The topological polar surface area (TPSA) is 82.9 Å². The maximum Gasteiger partial charge on any atom is 0.227 e. The van der Waals surface area contributed by atoms with Crippen LogP contribution in [0.5, 0.6) is 0 Å². The molecule has 0 fully saturated rings. The highest BCUT2D eigenvalue weighted by molar-refractivity contribution is 5.62. The van der Waals surface area contributed by atoms with Gasteiger partial charge in [-0.3, -0.25) is 0 Å². The fraction of sp³-hybridized carbons (Fsp3) is 0.250. The van der Waals surface area contributed by atoms with E-state index < -0.39 is 0 Å². The van der Waals surface area contributed by atoms with E-state index in [1.54, 1.807) is 19.4 Å². The lowest BCUT2D eigenvalue weighted by Crippen LogP contribution is -2.40. The van der Waals surface area contributed by atoms with Crippen LogP contribution in [-0.2, 0) is 4.74 Å². The van der Waals surface area contributed by atoms with E-state index in [1.165, 1.54) is 0 Å². The summed E-state index contributed by atoms with van der Waals surface area (Å²) in [4.78, 5) is 8.84. The van der Waals surface area contributed by atoms with Crippen molar-refractivity contribution in [1.82, 2.24) is 15.3 Å². The van der Waals surface area contributed by atoms with Gasteiger partial charge in [0.15, 0.2) is 0 Å². The molecule has 1 aromatic carbocycles. The van der Waals surface area contributed by atoms with Crippen molar-refractivity contribution >= 4 is 5.95 Å². The molecule has 3 rings (SSSR count). The van der Waals surface area contributed by atoms with Gasteiger partial charge in [-0.2, -0.15) is 5.26 Å². The van der Waals surface area contributed by atoms with Gasteiger partial charge in [0.05, 0.1) is 17.3 Å². The molecule has 1 aliphatic carbocycles. The van der Waals surface area contributed by atoms with Crippen molar-refractivity contribution in [2.24, 2.45) is 0 Å². The van der Waals surface area contributed by atoms with Crippen molar-refractivity contribution in [2.75, 3.05) is 26.0 Å². The molecule has 0 saturated heterocycles. The number of aromatic nitrogens is 2. The van der Waals surface area contributed by atoms with E-state index in [0.717, 1.165) is 29.9 Å². The predicted molar refractivity (Wildman–Crippen MR) is 101 cm³/mol. The van der Waals surface area contributed by atoms with Crippen LogP contribution in [0.25, 0.3) is 11.3 Å². The van der Waals surface area contributed by atoms with Crippen LogP contribution in [0.2, 0.25) is 0 Å². The number of ether oxygens (including phenoxy) is 1. The number of nitrogens with one attached hydrogen (secondary N) is 2. The molecular formula is C20H21N5O. The van der Waals surface area contributed by atoms with E-state index in [9.17, 15) is 0 Å². The SMILES string of the molecule is CNCC1(OC)C=CC(Nc2nccc(-c3cccc(C#N)c3)n2)=CC1. The van der Waals surface area contributed by atoms with Crippen LogP contribution >= 0.6 is 0 Å². The molecule has 0 radical (unpaired) electrons. The molecular weight excluding hydrogens is 326 g/mol. The maximum absolute atomic E-state index is 9.06. The third-order valence-electron chi connectivity index (χ3n) is 4.32. The average Bonchev–Trinajstić information content (AvgIpc) is 2.70. The van der Waals surface area contributed by atoms with Gasteiger partial charge in [-0.1, -0.05) is 18.2 Å². The third-order valence-corrected chi connectivity index (χ3v) is 4.32. The van der Waals surface area contributed by atoms with E-state index in [-0.39, 0.29) is 5.60 Å².